The highest BCUT2D eigenvalue weighted by atomic mass is 19.4. The summed E-state index contributed by atoms with van der Waals surface area (Å²) in [5, 5.41) is 0. The molecular formula is C7H8F3NO4. The number of rotatable bonds is 2. The molecule has 0 aliphatic heterocycles. The van der Waals surface area contributed by atoms with Crippen molar-refractivity contribution in [2.45, 2.75) is 13.1 Å². The van der Waals surface area contributed by atoms with Crippen LogP contribution >= 0.6 is 0 Å². The third-order valence-electron chi connectivity index (χ3n) is 1.12. The lowest BCUT2D eigenvalue weighted by Crippen LogP contribution is -2.33. The first-order valence-corrected chi connectivity index (χ1v) is 3.73. The topological polar surface area (TPSA) is 65.0 Å². The molecule has 0 aromatic carbocycles. The van der Waals surface area contributed by atoms with Gasteiger partial charge in [-0.2, -0.15) is 18.2 Å². The number of hydrogen-bond donors (Lipinski definition) is 0. The molecule has 5 nitrogen and oxygen atoms in total. The average molecular weight is 227 g/mol. The lowest BCUT2D eigenvalue weighted by molar-refractivity contribution is -0.137. The highest BCUT2D eigenvalue weighted by Crippen LogP contribution is 2.18. The molecule has 0 unspecified atom stereocenters. The van der Waals surface area contributed by atoms with Gasteiger partial charge in [0.1, 0.15) is 0 Å². The third kappa shape index (κ3) is 4.43. The molecule has 86 valence electrons. The lowest BCUT2D eigenvalue weighted by atomic mass is 10.4. The molecule has 1 amide bonds. The highest BCUT2D eigenvalue weighted by molar-refractivity contribution is 6.40. The van der Waals surface area contributed by atoms with Crippen LogP contribution in [0.2, 0.25) is 0 Å². The van der Waals surface area contributed by atoms with Crippen molar-refractivity contribution in [3.63, 3.8) is 0 Å². The molecule has 0 aliphatic rings. The first-order chi connectivity index (χ1) is 6.82. The standard InChI is InChI=1S/C7H8F3NO4/c1-3-15-6(13)11-4(5(12)14-2)7(8,9)10/h3H2,1-2H3. The van der Waals surface area contributed by atoms with Crippen LogP contribution in [0.4, 0.5) is 18.0 Å². The van der Waals surface area contributed by atoms with E-state index in [1.807, 2.05) is 0 Å². The van der Waals surface area contributed by atoms with Gasteiger partial charge in [-0.3, -0.25) is 0 Å². The van der Waals surface area contributed by atoms with Gasteiger partial charge in [-0.1, -0.05) is 0 Å². The van der Waals surface area contributed by atoms with E-state index in [0.29, 0.717) is 0 Å². The zero-order chi connectivity index (χ0) is 12.1. The summed E-state index contributed by atoms with van der Waals surface area (Å²) in [6.07, 6.45) is -6.55. The van der Waals surface area contributed by atoms with E-state index in [1.165, 1.54) is 6.92 Å². The molecule has 0 saturated heterocycles. The summed E-state index contributed by atoms with van der Waals surface area (Å²) >= 11 is 0. The normalized spacial score (nSPS) is 12.2. The number of ether oxygens (including phenoxy) is 2. The second-order valence-corrected chi connectivity index (χ2v) is 2.15. The van der Waals surface area contributed by atoms with Crippen molar-refractivity contribution in [2.75, 3.05) is 13.7 Å². The number of esters is 1. The van der Waals surface area contributed by atoms with Crippen LogP contribution in [0.1, 0.15) is 6.92 Å². The van der Waals surface area contributed by atoms with E-state index in [-0.39, 0.29) is 6.61 Å². The number of amides is 1. The van der Waals surface area contributed by atoms with E-state index in [0.717, 1.165) is 7.11 Å². The van der Waals surface area contributed by atoms with Gasteiger partial charge in [0.25, 0.3) is 0 Å². The Morgan fingerprint density at radius 1 is 1.33 bits per heavy atom. The molecule has 0 radical (unpaired) electrons. The van der Waals surface area contributed by atoms with E-state index >= 15 is 0 Å². The van der Waals surface area contributed by atoms with Crippen molar-refractivity contribution in [1.29, 1.82) is 0 Å². The minimum atomic E-state index is -5.06. The van der Waals surface area contributed by atoms with Gasteiger partial charge < -0.3 is 9.47 Å². The predicted octanol–water partition coefficient (Wildman–Crippen LogP) is 1.32. The number of methoxy groups -OCH3 is 1. The van der Waals surface area contributed by atoms with Crippen LogP contribution in [-0.4, -0.2) is 37.7 Å². The molecule has 8 heteroatoms. The van der Waals surface area contributed by atoms with Crippen LogP contribution in [-0.2, 0) is 14.3 Å². The average Bonchev–Trinajstić information content (AvgIpc) is 2.12. The fourth-order valence-electron chi connectivity index (χ4n) is 0.568. The van der Waals surface area contributed by atoms with Gasteiger partial charge in [0, 0.05) is 0 Å². The summed E-state index contributed by atoms with van der Waals surface area (Å²) in [5.74, 6) is -1.74. The molecule has 0 fully saturated rings. The zero-order valence-electron chi connectivity index (χ0n) is 7.92. The van der Waals surface area contributed by atoms with Crippen LogP contribution in [0.5, 0.6) is 0 Å². The smallest absolute Gasteiger partial charge is 0.440 e. The minimum absolute atomic E-state index is 0.144. The van der Waals surface area contributed by atoms with Crippen LogP contribution < -0.4 is 0 Å². The highest BCUT2D eigenvalue weighted by Gasteiger charge is 2.42. The van der Waals surface area contributed by atoms with E-state index in [4.69, 9.17) is 0 Å². The Balaban J connectivity index is 4.95. The fourth-order valence-corrected chi connectivity index (χ4v) is 0.568. The SMILES string of the molecule is CCOC(=O)N=C(C(=O)OC)C(F)(F)F. The maximum Gasteiger partial charge on any atom is 0.440 e. The molecule has 15 heavy (non-hydrogen) atoms. The Morgan fingerprint density at radius 3 is 2.20 bits per heavy atom. The first kappa shape index (κ1) is 13.4. The first-order valence-electron chi connectivity index (χ1n) is 3.73. The molecular weight excluding hydrogens is 219 g/mol. The van der Waals surface area contributed by atoms with Crippen molar-refractivity contribution in [1.82, 2.24) is 0 Å². The van der Waals surface area contributed by atoms with Crippen LogP contribution in [0, 0.1) is 0 Å². The molecule has 0 aliphatic carbocycles. The minimum Gasteiger partial charge on any atom is -0.464 e. The number of carbonyl (C=O) groups excluding carboxylic acids is 2. The largest absolute Gasteiger partial charge is 0.464 e. The molecule has 0 rings (SSSR count). The number of nitrogens with zero attached hydrogens (tertiary/aromatic N) is 1. The Labute approximate surface area is 82.9 Å². The quantitative estimate of drug-likeness (QED) is 0.527. The van der Waals surface area contributed by atoms with Gasteiger partial charge in [-0.15, -0.1) is 0 Å². The van der Waals surface area contributed by atoms with Crippen molar-refractivity contribution in [3.05, 3.63) is 0 Å². The summed E-state index contributed by atoms with van der Waals surface area (Å²) in [5.41, 5.74) is -1.94. The Bertz CT molecular complexity index is 284. The summed E-state index contributed by atoms with van der Waals surface area (Å²) < 4.78 is 44.3. The van der Waals surface area contributed by atoms with Crippen LogP contribution in [0.3, 0.4) is 0 Å². The van der Waals surface area contributed by atoms with E-state index in [1.54, 1.807) is 0 Å². The van der Waals surface area contributed by atoms with Crippen molar-refractivity contribution in [3.8, 4) is 0 Å². The van der Waals surface area contributed by atoms with E-state index < -0.39 is 24.0 Å². The van der Waals surface area contributed by atoms with Crippen molar-refractivity contribution in [2.24, 2.45) is 4.99 Å². The molecule has 0 aromatic rings. The van der Waals surface area contributed by atoms with Gasteiger partial charge in [0.2, 0.25) is 5.71 Å². The molecule has 0 N–H and O–H groups in total. The number of aliphatic imine (C=N–C) groups is 1. The Morgan fingerprint density at radius 2 is 1.87 bits per heavy atom. The maximum absolute atomic E-state index is 12.1. The second-order valence-electron chi connectivity index (χ2n) is 2.15. The maximum atomic E-state index is 12.1. The predicted molar refractivity (Wildman–Crippen MR) is 42.5 cm³/mol. The Hall–Kier alpha value is -1.60. The van der Waals surface area contributed by atoms with Gasteiger partial charge in [0.05, 0.1) is 13.7 Å². The summed E-state index contributed by atoms with van der Waals surface area (Å²) in [6, 6.07) is 0. The summed E-state index contributed by atoms with van der Waals surface area (Å²) in [4.78, 5) is 23.7. The summed E-state index contributed by atoms with van der Waals surface area (Å²) in [7, 11) is 0.745. The molecule has 0 aromatic heterocycles. The molecule has 0 atom stereocenters. The van der Waals surface area contributed by atoms with Gasteiger partial charge in [-0.05, 0) is 6.92 Å². The Kier molecular flexibility index (Phi) is 4.75. The second kappa shape index (κ2) is 5.32. The molecule has 0 heterocycles. The molecule has 0 spiro atoms. The third-order valence-corrected chi connectivity index (χ3v) is 1.12. The zero-order valence-corrected chi connectivity index (χ0v) is 7.92. The van der Waals surface area contributed by atoms with E-state index in [2.05, 4.69) is 14.5 Å². The summed E-state index contributed by atoms with van der Waals surface area (Å²) in [6.45, 7) is 1.24. The van der Waals surface area contributed by atoms with Gasteiger partial charge >= 0.3 is 18.2 Å². The monoisotopic (exact) mass is 227 g/mol. The molecule has 0 saturated carbocycles. The van der Waals surface area contributed by atoms with Crippen molar-refractivity contribution < 1.29 is 32.2 Å². The van der Waals surface area contributed by atoms with Crippen LogP contribution in [0.25, 0.3) is 0 Å². The van der Waals surface area contributed by atoms with Gasteiger partial charge in [-0.25, -0.2) is 9.59 Å². The van der Waals surface area contributed by atoms with Gasteiger partial charge in [0.15, 0.2) is 0 Å². The van der Waals surface area contributed by atoms with Crippen molar-refractivity contribution >= 4 is 17.8 Å². The number of alkyl halides is 3. The van der Waals surface area contributed by atoms with E-state index in [9.17, 15) is 22.8 Å². The molecule has 0 bridgehead atoms. The lowest BCUT2D eigenvalue weighted by Gasteiger charge is -2.07. The number of carbonyl (C=O) groups is 2. The number of hydrogen-bond acceptors (Lipinski definition) is 4. The number of halogens is 3. The van der Waals surface area contributed by atoms with Crippen LogP contribution in [0.15, 0.2) is 4.99 Å². The fraction of sp³-hybridized carbons (Fsp3) is 0.571.